The third kappa shape index (κ3) is 4.88. The zero-order chi connectivity index (χ0) is 16.0. The zero-order valence-corrected chi connectivity index (χ0v) is 13.5. The minimum Gasteiger partial charge on any atom is -0.462 e. The molecule has 1 rings (SSSR count). The second-order valence-electron chi connectivity index (χ2n) is 6.05. The SMILES string of the molecule is CCOC(=O)c1c(CC)cccc1C(=O)OCC(C)(C)C. The summed E-state index contributed by atoms with van der Waals surface area (Å²) in [7, 11) is 0. The maximum absolute atomic E-state index is 12.3. The number of hydrogen-bond acceptors (Lipinski definition) is 4. The van der Waals surface area contributed by atoms with E-state index in [0.29, 0.717) is 18.6 Å². The summed E-state index contributed by atoms with van der Waals surface area (Å²) in [5.74, 6) is -0.957. The molecule has 21 heavy (non-hydrogen) atoms. The van der Waals surface area contributed by atoms with Crippen LogP contribution in [0.3, 0.4) is 0 Å². The Kier molecular flexibility index (Phi) is 5.94. The zero-order valence-electron chi connectivity index (χ0n) is 13.5. The first-order valence-corrected chi connectivity index (χ1v) is 7.26. The monoisotopic (exact) mass is 292 g/mol. The van der Waals surface area contributed by atoms with Crippen LogP contribution in [0.2, 0.25) is 0 Å². The van der Waals surface area contributed by atoms with Gasteiger partial charge >= 0.3 is 11.9 Å². The lowest BCUT2D eigenvalue weighted by molar-refractivity contribution is 0.0354. The van der Waals surface area contributed by atoms with Gasteiger partial charge in [-0.3, -0.25) is 0 Å². The van der Waals surface area contributed by atoms with E-state index in [1.165, 1.54) is 0 Å². The van der Waals surface area contributed by atoms with Crippen LogP contribution in [-0.4, -0.2) is 25.2 Å². The Labute approximate surface area is 126 Å². The van der Waals surface area contributed by atoms with Gasteiger partial charge in [0.1, 0.15) is 0 Å². The Morgan fingerprint density at radius 1 is 1.05 bits per heavy atom. The maximum atomic E-state index is 12.3. The molecule has 4 heteroatoms. The Bertz CT molecular complexity index is 512. The van der Waals surface area contributed by atoms with Gasteiger partial charge in [0, 0.05) is 0 Å². The van der Waals surface area contributed by atoms with Crippen LogP contribution >= 0.6 is 0 Å². The molecule has 1 aromatic carbocycles. The van der Waals surface area contributed by atoms with Crippen molar-refractivity contribution >= 4 is 11.9 Å². The van der Waals surface area contributed by atoms with E-state index in [-0.39, 0.29) is 17.6 Å². The topological polar surface area (TPSA) is 52.6 Å². The molecule has 0 spiro atoms. The molecular weight excluding hydrogens is 268 g/mol. The molecule has 0 N–H and O–H groups in total. The minimum atomic E-state index is -0.483. The van der Waals surface area contributed by atoms with Crippen molar-refractivity contribution in [2.24, 2.45) is 5.41 Å². The third-order valence-corrected chi connectivity index (χ3v) is 2.87. The highest BCUT2D eigenvalue weighted by Gasteiger charge is 2.23. The maximum Gasteiger partial charge on any atom is 0.339 e. The molecule has 0 saturated heterocycles. The summed E-state index contributed by atoms with van der Waals surface area (Å²) >= 11 is 0. The van der Waals surface area contributed by atoms with Crippen molar-refractivity contribution in [1.29, 1.82) is 0 Å². The van der Waals surface area contributed by atoms with E-state index in [4.69, 9.17) is 9.47 Å². The molecule has 0 unspecified atom stereocenters. The number of ether oxygens (including phenoxy) is 2. The van der Waals surface area contributed by atoms with Gasteiger partial charge in [-0.25, -0.2) is 9.59 Å². The summed E-state index contributed by atoms with van der Waals surface area (Å²) in [6.07, 6.45) is 0.647. The van der Waals surface area contributed by atoms with Gasteiger partial charge in [0.2, 0.25) is 0 Å². The Hall–Kier alpha value is -1.84. The second kappa shape index (κ2) is 7.25. The highest BCUT2D eigenvalue weighted by Crippen LogP contribution is 2.20. The van der Waals surface area contributed by atoms with E-state index >= 15 is 0 Å². The Balaban J connectivity index is 3.11. The molecular formula is C17H24O4. The summed E-state index contributed by atoms with van der Waals surface area (Å²) in [6.45, 7) is 10.2. The molecule has 116 valence electrons. The Morgan fingerprint density at radius 2 is 1.71 bits per heavy atom. The van der Waals surface area contributed by atoms with Gasteiger partial charge in [-0.2, -0.15) is 0 Å². The van der Waals surface area contributed by atoms with Gasteiger partial charge in [-0.1, -0.05) is 39.8 Å². The molecule has 0 saturated carbocycles. The fourth-order valence-corrected chi connectivity index (χ4v) is 1.87. The van der Waals surface area contributed by atoms with E-state index in [1.54, 1.807) is 19.1 Å². The first kappa shape index (κ1) is 17.2. The number of rotatable bonds is 5. The lowest BCUT2D eigenvalue weighted by Gasteiger charge is -2.19. The predicted molar refractivity (Wildman–Crippen MR) is 81.5 cm³/mol. The lowest BCUT2D eigenvalue weighted by Crippen LogP contribution is -2.21. The average Bonchev–Trinajstić information content (AvgIpc) is 2.43. The molecule has 0 heterocycles. The molecule has 0 aliphatic carbocycles. The van der Waals surface area contributed by atoms with Gasteiger partial charge in [-0.05, 0) is 30.4 Å². The van der Waals surface area contributed by atoms with Crippen molar-refractivity contribution in [3.8, 4) is 0 Å². The van der Waals surface area contributed by atoms with Crippen LogP contribution in [0, 0.1) is 5.41 Å². The van der Waals surface area contributed by atoms with E-state index in [2.05, 4.69) is 0 Å². The summed E-state index contributed by atoms with van der Waals surface area (Å²) in [5.41, 5.74) is 1.26. The van der Waals surface area contributed by atoms with E-state index in [9.17, 15) is 9.59 Å². The fraction of sp³-hybridized carbons (Fsp3) is 0.529. The largest absolute Gasteiger partial charge is 0.462 e. The van der Waals surface area contributed by atoms with Crippen molar-refractivity contribution in [3.05, 3.63) is 34.9 Å². The summed E-state index contributed by atoms with van der Waals surface area (Å²) in [5, 5.41) is 0. The molecule has 0 aromatic heterocycles. The number of aryl methyl sites for hydroxylation is 1. The van der Waals surface area contributed by atoms with Crippen molar-refractivity contribution < 1.29 is 19.1 Å². The molecule has 1 aromatic rings. The second-order valence-corrected chi connectivity index (χ2v) is 6.05. The molecule has 0 fully saturated rings. The normalized spacial score (nSPS) is 11.1. The number of carbonyl (C=O) groups excluding carboxylic acids is 2. The lowest BCUT2D eigenvalue weighted by atomic mass is 9.97. The number of carbonyl (C=O) groups is 2. The highest BCUT2D eigenvalue weighted by atomic mass is 16.5. The fourth-order valence-electron chi connectivity index (χ4n) is 1.87. The number of hydrogen-bond donors (Lipinski definition) is 0. The summed E-state index contributed by atoms with van der Waals surface area (Å²) < 4.78 is 10.4. The Morgan fingerprint density at radius 3 is 2.24 bits per heavy atom. The van der Waals surface area contributed by atoms with Crippen LogP contribution in [0.4, 0.5) is 0 Å². The molecule has 4 nitrogen and oxygen atoms in total. The molecule has 0 atom stereocenters. The minimum absolute atomic E-state index is 0.123. The first-order chi connectivity index (χ1) is 9.80. The predicted octanol–water partition coefficient (Wildman–Crippen LogP) is 3.63. The van der Waals surface area contributed by atoms with Gasteiger partial charge in [-0.15, -0.1) is 0 Å². The summed E-state index contributed by atoms with van der Waals surface area (Å²) in [6, 6.07) is 5.19. The van der Waals surface area contributed by atoms with Crippen LogP contribution in [0.15, 0.2) is 18.2 Å². The van der Waals surface area contributed by atoms with Gasteiger partial charge < -0.3 is 9.47 Å². The van der Waals surface area contributed by atoms with Crippen molar-refractivity contribution in [3.63, 3.8) is 0 Å². The standard InChI is InChI=1S/C17H24O4/c1-6-12-9-8-10-13(14(12)16(19)20-7-2)15(18)21-11-17(3,4)5/h8-10H,6-7,11H2,1-5H3. The van der Waals surface area contributed by atoms with Gasteiger partial charge in [0.25, 0.3) is 0 Å². The van der Waals surface area contributed by atoms with E-state index < -0.39 is 11.9 Å². The molecule has 0 amide bonds. The first-order valence-electron chi connectivity index (χ1n) is 7.26. The van der Waals surface area contributed by atoms with Crippen molar-refractivity contribution in [2.75, 3.05) is 13.2 Å². The summed E-state index contributed by atoms with van der Waals surface area (Å²) in [4.78, 5) is 24.4. The van der Waals surface area contributed by atoms with Crippen LogP contribution in [0.1, 0.15) is 60.9 Å². The van der Waals surface area contributed by atoms with Crippen LogP contribution in [0.5, 0.6) is 0 Å². The third-order valence-electron chi connectivity index (χ3n) is 2.87. The van der Waals surface area contributed by atoms with Crippen LogP contribution < -0.4 is 0 Å². The average molecular weight is 292 g/mol. The van der Waals surface area contributed by atoms with Crippen LogP contribution in [-0.2, 0) is 15.9 Å². The molecule has 0 radical (unpaired) electrons. The van der Waals surface area contributed by atoms with Crippen molar-refractivity contribution in [2.45, 2.75) is 41.0 Å². The number of esters is 2. The van der Waals surface area contributed by atoms with Crippen LogP contribution in [0.25, 0.3) is 0 Å². The van der Waals surface area contributed by atoms with E-state index in [0.717, 1.165) is 5.56 Å². The van der Waals surface area contributed by atoms with E-state index in [1.807, 2.05) is 33.8 Å². The quantitative estimate of drug-likeness (QED) is 0.778. The van der Waals surface area contributed by atoms with Crippen molar-refractivity contribution in [1.82, 2.24) is 0 Å². The molecule has 0 aliphatic heterocycles. The van der Waals surface area contributed by atoms with Gasteiger partial charge in [0.05, 0.1) is 24.3 Å². The highest BCUT2D eigenvalue weighted by molar-refractivity contribution is 6.04. The smallest absolute Gasteiger partial charge is 0.339 e. The number of benzene rings is 1. The van der Waals surface area contributed by atoms with Gasteiger partial charge in [0.15, 0.2) is 0 Å². The molecule has 0 aliphatic rings. The molecule has 0 bridgehead atoms.